The lowest BCUT2D eigenvalue weighted by atomic mass is 10.1. The minimum absolute atomic E-state index is 0.0921. The summed E-state index contributed by atoms with van der Waals surface area (Å²) >= 11 is 0. The number of carbonyl (C=O) groups is 2. The highest BCUT2D eigenvalue weighted by Crippen LogP contribution is 2.19. The van der Waals surface area contributed by atoms with Crippen molar-refractivity contribution in [3.05, 3.63) is 42.0 Å². The predicted octanol–water partition coefficient (Wildman–Crippen LogP) is 1.63. The van der Waals surface area contributed by atoms with Gasteiger partial charge in [0.1, 0.15) is 5.71 Å². The van der Waals surface area contributed by atoms with E-state index in [-0.39, 0.29) is 17.9 Å². The summed E-state index contributed by atoms with van der Waals surface area (Å²) in [6, 6.07) is 3.41. The second-order valence-corrected chi connectivity index (χ2v) is 6.13. The molecule has 0 saturated carbocycles. The highest BCUT2D eigenvalue weighted by molar-refractivity contribution is 6.39. The normalized spacial score (nSPS) is 15.4. The van der Waals surface area contributed by atoms with Gasteiger partial charge in [-0.15, -0.1) is 0 Å². The summed E-state index contributed by atoms with van der Waals surface area (Å²) < 4.78 is 0. The quantitative estimate of drug-likeness (QED) is 0.901. The van der Waals surface area contributed by atoms with Crippen LogP contribution in [0.15, 0.2) is 35.8 Å². The molecule has 1 aliphatic heterocycles. The van der Waals surface area contributed by atoms with E-state index in [1.54, 1.807) is 25.6 Å². The molecule has 0 spiro atoms. The molecule has 2 aromatic heterocycles. The standard InChI is InChI=1S/C18H20N6O2/c1-11-14(10-20-17(21-11)13-6-8-19-9-7-13)12(2)22-18(26)15-4-5-16(25)24(3)23-15/h6-10,12H,4-5H2,1-3H3,(H,22,26)/t12-/m1/s1. The van der Waals surface area contributed by atoms with Gasteiger partial charge in [0, 0.05) is 55.3 Å². The molecule has 2 amide bonds. The van der Waals surface area contributed by atoms with E-state index in [0.717, 1.165) is 16.8 Å². The fourth-order valence-electron chi connectivity index (χ4n) is 2.73. The van der Waals surface area contributed by atoms with Crippen molar-refractivity contribution in [3.8, 4) is 11.4 Å². The lowest BCUT2D eigenvalue weighted by Gasteiger charge is -2.21. The van der Waals surface area contributed by atoms with Crippen molar-refractivity contribution in [2.45, 2.75) is 32.7 Å². The number of nitrogens with one attached hydrogen (secondary N) is 1. The maximum absolute atomic E-state index is 12.4. The zero-order chi connectivity index (χ0) is 18.7. The summed E-state index contributed by atoms with van der Waals surface area (Å²) in [7, 11) is 1.55. The third kappa shape index (κ3) is 3.74. The van der Waals surface area contributed by atoms with Crippen LogP contribution >= 0.6 is 0 Å². The Morgan fingerprint density at radius 3 is 2.65 bits per heavy atom. The number of nitrogens with zero attached hydrogens (tertiary/aromatic N) is 5. The molecule has 1 aliphatic rings. The van der Waals surface area contributed by atoms with E-state index in [4.69, 9.17) is 0 Å². The number of rotatable bonds is 4. The predicted molar refractivity (Wildman–Crippen MR) is 96.0 cm³/mol. The van der Waals surface area contributed by atoms with Crippen LogP contribution in [0.3, 0.4) is 0 Å². The largest absolute Gasteiger partial charge is 0.344 e. The molecule has 0 saturated heterocycles. The van der Waals surface area contributed by atoms with Crippen molar-refractivity contribution in [1.29, 1.82) is 0 Å². The molecule has 134 valence electrons. The molecule has 0 bridgehead atoms. The Hall–Kier alpha value is -3.16. The van der Waals surface area contributed by atoms with Gasteiger partial charge in [0.15, 0.2) is 5.82 Å². The molecule has 0 radical (unpaired) electrons. The van der Waals surface area contributed by atoms with Gasteiger partial charge >= 0.3 is 0 Å². The third-order valence-electron chi connectivity index (χ3n) is 4.24. The summed E-state index contributed by atoms with van der Waals surface area (Å²) in [5.74, 6) is 0.240. The molecule has 1 atom stereocenters. The molecular weight excluding hydrogens is 332 g/mol. The van der Waals surface area contributed by atoms with Gasteiger partial charge in [-0.25, -0.2) is 15.0 Å². The number of amides is 2. The van der Waals surface area contributed by atoms with Crippen LogP contribution < -0.4 is 5.32 Å². The number of hydrogen-bond donors (Lipinski definition) is 1. The molecule has 3 heterocycles. The minimum atomic E-state index is -0.283. The SMILES string of the molecule is Cc1nc(-c2ccncc2)ncc1[C@@H](C)NC(=O)C1=NN(C)C(=O)CC1. The number of hydrogen-bond acceptors (Lipinski definition) is 6. The molecular formula is C18H20N6O2. The van der Waals surface area contributed by atoms with E-state index in [1.165, 1.54) is 5.01 Å². The van der Waals surface area contributed by atoms with E-state index in [1.807, 2.05) is 26.0 Å². The molecule has 1 N–H and O–H groups in total. The molecule has 0 aliphatic carbocycles. The topological polar surface area (TPSA) is 100 Å². The molecule has 2 aromatic rings. The Morgan fingerprint density at radius 2 is 2.00 bits per heavy atom. The first-order chi connectivity index (χ1) is 12.5. The van der Waals surface area contributed by atoms with E-state index in [9.17, 15) is 9.59 Å². The summed E-state index contributed by atoms with van der Waals surface area (Å²) in [5, 5.41) is 8.15. The summed E-state index contributed by atoms with van der Waals surface area (Å²) in [5.41, 5.74) is 2.86. The van der Waals surface area contributed by atoms with E-state index in [2.05, 4.69) is 25.4 Å². The van der Waals surface area contributed by atoms with Gasteiger partial charge in [-0.05, 0) is 26.0 Å². The van der Waals surface area contributed by atoms with Crippen molar-refractivity contribution >= 4 is 17.5 Å². The molecule has 8 nitrogen and oxygen atoms in total. The Balaban J connectivity index is 1.74. The summed E-state index contributed by atoms with van der Waals surface area (Å²) in [4.78, 5) is 36.8. The van der Waals surface area contributed by atoms with Gasteiger partial charge in [-0.2, -0.15) is 5.10 Å². The smallest absolute Gasteiger partial charge is 0.267 e. The summed E-state index contributed by atoms with van der Waals surface area (Å²) in [6.07, 6.45) is 5.74. The molecule has 26 heavy (non-hydrogen) atoms. The van der Waals surface area contributed by atoms with Crippen LogP contribution in [0.4, 0.5) is 0 Å². The van der Waals surface area contributed by atoms with Crippen molar-refractivity contribution in [1.82, 2.24) is 25.3 Å². The second kappa shape index (κ2) is 7.38. The van der Waals surface area contributed by atoms with Gasteiger partial charge in [-0.3, -0.25) is 14.6 Å². The maximum atomic E-state index is 12.4. The van der Waals surface area contributed by atoms with Gasteiger partial charge in [0.2, 0.25) is 5.91 Å². The Kier molecular flexibility index (Phi) is 5.01. The van der Waals surface area contributed by atoms with E-state index >= 15 is 0 Å². The van der Waals surface area contributed by atoms with Crippen molar-refractivity contribution < 1.29 is 9.59 Å². The number of aryl methyl sites for hydroxylation is 1. The van der Waals surface area contributed by atoms with Gasteiger partial charge in [0.25, 0.3) is 5.91 Å². The second-order valence-electron chi connectivity index (χ2n) is 6.13. The Labute approximate surface area is 151 Å². The van der Waals surface area contributed by atoms with Gasteiger partial charge < -0.3 is 5.32 Å². The molecule has 0 fully saturated rings. The first-order valence-electron chi connectivity index (χ1n) is 8.34. The van der Waals surface area contributed by atoms with Crippen LogP contribution in [-0.4, -0.2) is 44.5 Å². The molecule has 0 aromatic carbocycles. The third-order valence-corrected chi connectivity index (χ3v) is 4.24. The molecule has 0 unspecified atom stereocenters. The maximum Gasteiger partial charge on any atom is 0.267 e. The minimum Gasteiger partial charge on any atom is -0.344 e. The number of carbonyl (C=O) groups excluding carboxylic acids is 2. The van der Waals surface area contributed by atoms with Crippen LogP contribution in [0, 0.1) is 6.92 Å². The fraction of sp³-hybridized carbons (Fsp3) is 0.333. The fourth-order valence-corrected chi connectivity index (χ4v) is 2.73. The van der Waals surface area contributed by atoms with E-state index in [0.29, 0.717) is 24.4 Å². The number of aromatic nitrogens is 3. The van der Waals surface area contributed by atoms with Gasteiger partial charge in [0.05, 0.1) is 6.04 Å². The number of pyridine rings is 1. The van der Waals surface area contributed by atoms with Crippen LogP contribution in [0.5, 0.6) is 0 Å². The first-order valence-corrected chi connectivity index (χ1v) is 8.34. The highest BCUT2D eigenvalue weighted by Gasteiger charge is 2.23. The van der Waals surface area contributed by atoms with Crippen molar-refractivity contribution in [2.24, 2.45) is 5.10 Å². The average molecular weight is 352 g/mol. The number of hydrazone groups is 1. The van der Waals surface area contributed by atoms with Crippen LogP contribution in [-0.2, 0) is 9.59 Å². The lowest BCUT2D eigenvalue weighted by Crippen LogP contribution is -2.38. The van der Waals surface area contributed by atoms with E-state index < -0.39 is 0 Å². The Bertz CT molecular complexity index is 865. The highest BCUT2D eigenvalue weighted by atomic mass is 16.2. The van der Waals surface area contributed by atoms with Crippen molar-refractivity contribution in [3.63, 3.8) is 0 Å². The van der Waals surface area contributed by atoms with Crippen LogP contribution in [0.25, 0.3) is 11.4 Å². The van der Waals surface area contributed by atoms with Crippen LogP contribution in [0.1, 0.15) is 37.1 Å². The first kappa shape index (κ1) is 17.7. The lowest BCUT2D eigenvalue weighted by molar-refractivity contribution is -0.130. The van der Waals surface area contributed by atoms with Crippen molar-refractivity contribution in [2.75, 3.05) is 7.05 Å². The monoisotopic (exact) mass is 352 g/mol. The zero-order valence-corrected chi connectivity index (χ0v) is 14.9. The summed E-state index contributed by atoms with van der Waals surface area (Å²) in [6.45, 7) is 3.75. The molecule has 8 heteroatoms. The Morgan fingerprint density at radius 1 is 1.27 bits per heavy atom. The zero-order valence-electron chi connectivity index (χ0n) is 14.9. The van der Waals surface area contributed by atoms with Crippen LogP contribution in [0.2, 0.25) is 0 Å². The van der Waals surface area contributed by atoms with Gasteiger partial charge in [-0.1, -0.05) is 0 Å². The molecule has 3 rings (SSSR count). The average Bonchev–Trinajstić information content (AvgIpc) is 2.64.